The Kier molecular flexibility index (Phi) is 5.38. The van der Waals surface area contributed by atoms with Gasteiger partial charge in [-0.2, -0.15) is 5.26 Å². The van der Waals surface area contributed by atoms with Crippen molar-refractivity contribution in [3.05, 3.63) is 12.2 Å². The van der Waals surface area contributed by atoms with E-state index in [4.69, 9.17) is 9.84 Å². The molecule has 0 aromatic carbocycles. The standard InChI is InChI=1S/C16H21NO2.C4H4O4/c1-10(2)15(18)19-16(3-4-17)13-6-11-5-12(8-13)9-14(16)7-11;5-2-1-3(6)8-4(2)7/h11-14H,1,3,5-9H2,2H3;2,5H,1H2. The molecule has 27 heavy (non-hydrogen) atoms. The van der Waals surface area contributed by atoms with Crippen molar-refractivity contribution in [2.24, 2.45) is 23.7 Å². The summed E-state index contributed by atoms with van der Waals surface area (Å²) in [7, 11) is 0. The third-order valence-electron chi connectivity index (χ3n) is 6.35. The van der Waals surface area contributed by atoms with Crippen LogP contribution in [0.15, 0.2) is 12.2 Å². The van der Waals surface area contributed by atoms with Crippen LogP contribution in [0.25, 0.3) is 0 Å². The van der Waals surface area contributed by atoms with E-state index in [1.807, 2.05) is 0 Å². The molecular formula is C20H25NO6. The van der Waals surface area contributed by atoms with Crippen molar-refractivity contribution < 1.29 is 29.0 Å². The molecule has 7 heteroatoms. The van der Waals surface area contributed by atoms with Crippen molar-refractivity contribution in [3.8, 4) is 6.07 Å². The number of ether oxygens (including phenoxy) is 2. The highest BCUT2D eigenvalue weighted by Crippen LogP contribution is 2.60. The van der Waals surface area contributed by atoms with Gasteiger partial charge in [-0.3, -0.25) is 4.79 Å². The van der Waals surface area contributed by atoms with Gasteiger partial charge in [0.25, 0.3) is 0 Å². The summed E-state index contributed by atoms with van der Waals surface area (Å²) in [6, 6.07) is 2.27. The highest BCUT2D eigenvalue weighted by molar-refractivity contribution is 5.95. The second-order valence-electron chi connectivity index (χ2n) is 8.28. The first-order valence-electron chi connectivity index (χ1n) is 9.43. The lowest BCUT2D eigenvalue weighted by atomic mass is 9.49. The molecule has 0 amide bonds. The highest BCUT2D eigenvalue weighted by Gasteiger charge is 2.59. The van der Waals surface area contributed by atoms with Gasteiger partial charge in [0.05, 0.1) is 18.9 Å². The second-order valence-corrected chi connectivity index (χ2v) is 8.28. The first-order chi connectivity index (χ1) is 12.7. The summed E-state index contributed by atoms with van der Waals surface area (Å²) in [5, 5.41) is 17.7. The lowest BCUT2D eigenvalue weighted by molar-refractivity contribution is -0.204. The molecule has 5 aliphatic rings. The van der Waals surface area contributed by atoms with Crippen LogP contribution in [-0.4, -0.2) is 34.7 Å². The molecule has 0 aromatic rings. The fourth-order valence-corrected chi connectivity index (χ4v) is 5.32. The van der Waals surface area contributed by atoms with E-state index in [2.05, 4.69) is 17.4 Å². The van der Waals surface area contributed by atoms with E-state index in [0.29, 0.717) is 23.8 Å². The van der Waals surface area contributed by atoms with Gasteiger partial charge < -0.3 is 14.6 Å². The Hall–Kier alpha value is -2.20. The van der Waals surface area contributed by atoms with Gasteiger partial charge in [0.2, 0.25) is 0 Å². The summed E-state index contributed by atoms with van der Waals surface area (Å²) in [5.41, 5.74) is -0.0794. The number of carbonyl (C=O) groups is 3. The van der Waals surface area contributed by atoms with Crippen molar-refractivity contribution in [1.82, 2.24) is 0 Å². The van der Waals surface area contributed by atoms with Crippen LogP contribution in [0.3, 0.4) is 0 Å². The van der Waals surface area contributed by atoms with Crippen LogP contribution in [0.5, 0.6) is 0 Å². The van der Waals surface area contributed by atoms with Crippen LogP contribution in [0, 0.1) is 35.0 Å². The molecule has 5 fully saturated rings. The van der Waals surface area contributed by atoms with Crippen LogP contribution in [-0.2, 0) is 23.9 Å². The molecule has 1 saturated heterocycles. The van der Waals surface area contributed by atoms with Gasteiger partial charge >= 0.3 is 17.9 Å². The molecule has 1 N–H and O–H groups in total. The van der Waals surface area contributed by atoms with Crippen LogP contribution in [0.2, 0.25) is 0 Å². The van der Waals surface area contributed by atoms with E-state index in [1.54, 1.807) is 6.92 Å². The van der Waals surface area contributed by atoms with Crippen molar-refractivity contribution in [1.29, 1.82) is 5.26 Å². The number of esters is 3. The number of rotatable bonds is 3. The molecule has 0 spiro atoms. The molecule has 146 valence electrons. The Morgan fingerprint density at radius 3 is 2.15 bits per heavy atom. The number of nitrogens with zero attached hydrogens (tertiary/aromatic N) is 1. The normalized spacial score (nSPS) is 38.5. The summed E-state index contributed by atoms with van der Waals surface area (Å²) in [6.45, 7) is 5.35. The first kappa shape index (κ1) is 19.6. The maximum Gasteiger partial charge on any atom is 0.343 e. The van der Waals surface area contributed by atoms with Crippen LogP contribution in [0.4, 0.5) is 0 Å². The third-order valence-corrected chi connectivity index (χ3v) is 6.35. The molecule has 1 aliphatic heterocycles. The fourth-order valence-electron chi connectivity index (χ4n) is 5.32. The lowest BCUT2D eigenvalue weighted by Crippen LogP contribution is -2.59. The predicted molar refractivity (Wildman–Crippen MR) is 92.6 cm³/mol. The Bertz CT molecular complexity index is 678. The lowest BCUT2D eigenvalue weighted by Gasteiger charge is -2.59. The minimum Gasteiger partial charge on any atom is -0.454 e. The molecule has 0 aromatic heterocycles. The number of carbonyl (C=O) groups excluding carboxylic acids is 3. The van der Waals surface area contributed by atoms with Gasteiger partial charge in [-0.05, 0) is 50.9 Å². The van der Waals surface area contributed by atoms with Crippen molar-refractivity contribution >= 4 is 17.9 Å². The Labute approximate surface area is 158 Å². The number of aliphatic hydroxyl groups is 1. The molecule has 0 radical (unpaired) electrons. The van der Waals surface area contributed by atoms with Crippen molar-refractivity contribution in [3.63, 3.8) is 0 Å². The Morgan fingerprint density at radius 1 is 1.26 bits per heavy atom. The first-order valence-corrected chi connectivity index (χ1v) is 9.43. The van der Waals surface area contributed by atoms with E-state index >= 15 is 0 Å². The van der Waals surface area contributed by atoms with Crippen LogP contribution >= 0.6 is 0 Å². The van der Waals surface area contributed by atoms with Crippen LogP contribution in [0.1, 0.15) is 51.9 Å². The van der Waals surface area contributed by atoms with Crippen LogP contribution < -0.4 is 0 Å². The summed E-state index contributed by atoms with van der Waals surface area (Å²) in [6.07, 6.45) is 4.83. The molecule has 7 nitrogen and oxygen atoms in total. The Balaban J connectivity index is 0.000000221. The van der Waals surface area contributed by atoms with Crippen molar-refractivity contribution in [2.45, 2.75) is 63.6 Å². The van der Waals surface area contributed by atoms with Gasteiger partial charge in [0, 0.05) is 17.4 Å². The largest absolute Gasteiger partial charge is 0.454 e. The second kappa shape index (κ2) is 7.43. The zero-order valence-electron chi connectivity index (χ0n) is 15.5. The molecule has 4 bridgehead atoms. The number of aliphatic hydroxyl groups excluding tert-OH is 1. The van der Waals surface area contributed by atoms with Gasteiger partial charge in [-0.25, -0.2) is 9.59 Å². The summed E-state index contributed by atoms with van der Waals surface area (Å²) in [4.78, 5) is 32.1. The highest BCUT2D eigenvalue weighted by atomic mass is 16.6. The number of cyclic esters (lactones) is 2. The molecule has 1 heterocycles. The van der Waals surface area contributed by atoms with Crippen molar-refractivity contribution in [2.75, 3.05) is 0 Å². The third kappa shape index (κ3) is 3.77. The van der Waals surface area contributed by atoms with E-state index in [1.165, 1.54) is 6.42 Å². The number of hydrogen-bond acceptors (Lipinski definition) is 7. The van der Waals surface area contributed by atoms with Gasteiger partial charge in [0.15, 0.2) is 6.10 Å². The number of nitriles is 1. The number of hydrogen-bond donors (Lipinski definition) is 1. The van der Waals surface area contributed by atoms with Gasteiger partial charge in [-0.15, -0.1) is 0 Å². The average molecular weight is 375 g/mol. The van der Waals surface area contributed by atoms with Gasteiger partial charge in [0.1, 0.15) is 5.60 Å². The molecule has 1 atom stereocenters. The molecule has 4 aliphatic carbocycles. The minimum absolute atomic E-state index is 0.196. The van der Waals surface area contributed by atoms with Gasteiger partial charge in [-0.1, -0.05) is 6.58 Å². The zero-order chi connectivity index (χ0) is 19.8. The van der Waals surface area contributed by atoms with E-state index in [-0.39, 0.29) is 12.4 Å². The Morgan fingerprint density at radius 2 is 1.81 bits per heavy atom. The SMILES string of the molecule is C=C(C)C(=O)OC1(CC#N)C2CC3CC(C2)CC1C3.O=C1CC(O)C(=O)O1. The average Bonchev–Trinajstić information content (AvgIpc) is 2.88. The van der Waals surface area contributed by atoms with E-state index in [9.17, 15) is 19.6 Å². The quantitative estimate of drug-likeness (QED) is 0.456. The fraction of sp³-hybridized carbons (Fsp3) is 0.700. The molecule has 4 saturated carbocycles. The smallest absolute Gasteiger partial charge is 0.343 e. The summed E-state index contributed by atoms with van der Waals surface area (Å²) in [5.74, 6) is 0.592. The monoisotopic (exact) mass is 375 g/mol. The van der Waals surface area contributed by atoms with E-state index < -0.39 is 23.6 Å². The minimum atomic E-state index is -1.22. The summed E-state index contributed by atoms with van der Waals surface area (Å²) < 4.78 is 9.80. The zero-order valence-corrected chi connectivity index (χ0v) is 15.5. The molecular weight excluding hydrogens is 350 g/mol. The maximum atomic E-state index is 12.0. The topological polar surface area (TPSA) is 114 Å². The molecule has 5 rings (SSSR count). The molecule has 1 unspecified atom stereocenters. The predicted octanol–water partition coefficient (Wildman–Crippen LogP) is 2.04. The van der Waals surface area contributed by atoms with E-state index in [0.717, 1.165) is 37.5 Å². The summed E-state index contributed by atoms with van der Waals surface area (Å²) >= 11 is 0. The maximum absolute atomic E-state index is 12.0.